The van der Waals surface area contributed by atoms with E-state index < -0.39 is 17.6 Å². The number of allylic oxidation sites excluding steroid dienone is 2. The van der Waals surface area contributed by atoms with E-state index >= 15 is 0 Å². The van der Waals surface area contributed by atoms with Crippen molar-refractivity contribution in [3.8, 4) is 0 Å². The zero-order valence-corrected chi connectivity index (χ0v) is 22.7. The minimum Gasteiger partial charge on any atom is -0.396 e. The van der Waals surface area contributed by atoms with Gasteiger partial charge in [0.1, 0.15) is 0 Å². The summed E-state index contributed by atoms with van der Waals surface area (Å²) in [4.78, 5) is 0. The number of fused-ring (bicyclic) bond motifs is 7. The lowest BCUT2D eigenvalue weighted by molar-refractivity contribution is -0.222. The summed E-state index contributed by atoms with van der Waals surface area (Å²) in [6.45, 7) is 16.2. The van der Waals surface area contributed by atoms with E-state index in [-0.39, 0.29) is 45.7 Å². The van der Waals surface area contributed by atoms with Gasteiger partial charge in [-0.15, -0.1) is 0 Å². The van der Waals surface area contributed by atoms with Gasteiger partial charge in [-0.25, -0.2) is 0 Å². The highest BCUT2D eigenvalue weighted by atomic mass is 16.3. The predicted octanol–water partition coefficient (Wildman–Crippen LogP) is 5.08. The minimum absolute atomic E-state index is 0.0447. The quantitative estimate of drug-likeness (QED) is 0.399. The lowest BCUT2D eigenvalue weighted by Gasteiger charge is -2.71. The molecule has 5 aliphatic carbocycles. The van der Waals surface area contributed by atoms with E-state index in [1.807, 2.05) is 6.92 Å². The maximum atomic E-state index is 11.3. The van der Waals surface area contributed by atoms with Crippen molar-refractivity contribution in [1.29, 1.82) is 0 Å². The van der Waals surface area contributed by atoms with Gasteiger partial charge >= 0.3 is 0 Å². The Morgan fingerprint density at radius 2 is 1.47 bits per heavy atom. The van der Waals surface area contributed by atoms with Gasteiger partial charge in [-0.05, 0) is 90.8 Å². The van der Waals surface area contributed by atoms with E-state index in [2.05, 4.69) is 47.6 Å². The van der Waals surface area contributed by atoms with Crippen LogP contribution in [-0.2, 0) is 0 Å². The van der Waals surface area contributed by atoms with E-state index in [9.17, 15) is 20.4 Å². The molecule has 0 saturated heterocycles. The average Bonchev–Trinajstić information content (AvgIpc) is 2.77. The third-order valence-corrected chi connectivity index (χ3v) is 13.6. The second kappa shape index (κ2) is 7.33. The van der Waals surface area contributed by atoms with Gasteiger partial charge in [0.25, 0.3) is 0 Å². The lowest BCUT2D eigenvalue weighted by Crippen LogP contribution is -2.67. The molecule has 0 aromatic heterocycles. The number of hydrogen-bond acceptors (Lipinski definition) is 4. The zero-order valence-electron chi connectivity index (χ0n) is 22.7. The van der Waals surface area contributed by atoms with E-state index in [0.717, 1.165) is 38.5 Å². The SMILES string of the molecule is CC1(C)[C@H]2CC[C@]3(C)[C@H](CC=C4[C@H]5C[C@](C)(CO)[C@@H](O)[C@@H](O)[C@]5(C)CC[C@]43C)[C@@]2(C)CC[C@@H]1O. The molecule has 5 rings (SSSR count). The van der Waals surface area contributed by atoms with Crippen LogP contribution in [0.1, 0.15) is 99.8 Å². The van der Waals surface area contributed by atoms with Gasteiger partial charge in [-0.3, -0.25) is 0 Å². The summed E-state index contributed by atoms with van der Waals surface area (Å²) in [7, 11) is 0. The first kappa shape index (κ1) is 25.2. The van der Waals surface area contributed by atoms with E-state index in [1.54, 1.807) is 0 Å². The van der Waals surface area contributed by atoms with Crippen LogP contribution in [0.3, 0.4) is 0 Å². The molecule has 0 unspecified atom stereocenters. The highest BCUT2D eigenvalue weighted by Gasteiger charge is 2.69. The first-order valence-electron chi connectivity index (χ1n) is 14.0. The largest absolute Gasteiger partial charge is 0.396 e. The van der Waals surface area contributed by atoms with Gasteiger partial charge < -0.3 is 20.4 Å². The van der Waals surface area contributed by atoms with E-state index in [1.165, 1.54) is 18.4 Å². The normalized spacial score (nSPS) is 58.6. The van der Waals surface area contributed by atoms with Gasteiger partial charge in [0.2, 0.25) is 0 Å². The molecule has 5 aliphatic rings. The molecule has 0 radical (unpaired) electrons. The molecule has 4 saturated carbocycles. The topological polar surface area (TPSA) is 80.9 Å². The van der Waals surface area contributed by atoms with Crippen LogP contribution in [0, 0.1) is 50.2 Å². The third kappa shape index (κ3) is 2.81. The Bertz CT molecular complexity index is 881. The van der Waals surface area contributed by atoms with Crippen molar-refractivity contribution < 1.29 is 20.4 Å². The fourth-order valence-electron chi connectivity index (χ4n) is 10.7. The second-order valence-electron chi connectivity index (χ2n) is 15.1. The van der Waals surface area contributed by atoms with Crippen molar-refractivity contribution in [3.63, 3.8) is 0 Å². The Labute approximate surface area is 207 Å². The Kier molecular flexibility index (Phi) is 5.44. The van der Waals surface area contributed by atoms with Crippen molar-refractivity contribution in [1.82, 2.24) is 0 Å². The van der Waals surface area contributed by atoms with Crippen molar-refractivity contribution >= 4 is 0 Å². The van der Waals surface area contributed by atoms with Crippen LogP contribution in [-0.4, -0.2) is 45.3 Å². The van der Waals surface area contributed by atoms with Crippen molar-refractivity contribution in [2.24, 2.45) is 50.2 Å². The van der Waals surface area contributed by atoms with Crippen molar-refractivity contribution in [3.05, 3.63) is 11.6 Å². The Balaban J connectivity index is 1.58. The third-order valence-electron chi connectivity index (χ3n) is 13.6. The van der Waals surface area contributed by atoms with Crippen LogP contribution in [0.25, 0.3) is 0 Å². The van der Waals surface area contributed by atoms with Gasteiger partial charge in [0.05, 0.1) is 24.9 Å². The summed E-state index contributed by atoms with van der Waals surface area (Å²) in [6, 6.07) is 0. The smallest absolute Gasteiger partial charge is 0.0880 e. The predicted molar refractivity (Wildman–Crippen MR) is 135 cm³/mol. The maximum absolute atomic E-state index is 11.3. The van der Waals surface area contributed by atoms with E-state index in [4.69, 9.17) is 0 Å². The first-order valence-corrected chi connectivity index (χ1v) is 14.0. The molecule has 0 aromatic carbocycles. The first-order chi connectivity index (χ1) is 15.6. The van der Waals surface area contributed by atoms with Crippen molar-refractivity contribution in [2.75, 3.05) is 6.61 Å². The molecule has 11 atom stereocenters. The Morgan fingerprint density at radius 1 is 0.794 bits per heavy atom. The van der Waals surface area contributed by atoms with E-state index in [0.29, 0.717) is 11.8 Å². The Hall–Kier alpha value is -0.420. The molecule has 0 bridgehead atoms. The monoisotopic (exact) mass is 474 g/mol. The summed E-state index contributed by atoms with van der Waals surface area (Å²) in [5, 5.41) is 43.4. The fraction of sp³-hybridized carbons (Fsp3) is 0.933. The van der Waals surface area contributed by atoms with Crippen molar-refractivity contribution in [2.45, 2.75) is 118 Å². The maximum Gasteiger partial charge on any atom is 0.0880 e. The summed E-state index contributed by atoms with van der Waals surface area (Å²) < 4.78 is 0. The molecular formula is C30H50O4. The molecular weight excluding hydrogens is 424 g/mol. The number of rotatable bonds is 1. The van der Waals surface area contributed by atoms with Gasteiger partial charge in [-0.1, -0.05) is 60.1 Å². The summed E-state index contributed by atoms with van der Waals surface area (Å²) in [5.74, 6) is 1.32. The molecule has 4 N–H and O–H groups in total. The highest BCUT2D eigenvalue weighted by Crippen LogP contribution is 2.75. The van der Waals surface area contributed by atoms with Crippen LogP contribution >= 0.6 is 0 Å². The highest BCUT2D eigenvalue weighted by molar-refractivity contribution is 5.34. The standard InChI is InChI=1S/C30H50O4/c1-25(2)20-10-13-30(7)21(28(20,5)12-11-22(25)32)9-8-18-19-16-26(3,17-31)23(33)24(34)27(19,4)14-15-29(18,30)6/h8,19-24,31-34H,9-17H2,1-7H3/t19-,20-,21-,22+,23+,24-,26-,27-,28+,29-,30-/m1/s1. The molecule has 0 heterocycles. The van der Waals surface area contributed by atoms with Crippen LogP contribution in [0.4, 0.5) is 0 Å². The fourth-order valence-corrected chi connectivity index (χ4v) is 10.7. The summed E-state index contributed by atoms with van der Waals surface area (Å²) in [5.41, 5.74) is 0.905. The van der Waals surface area contributed by atoms with Crippen LogP contribution in [0.5, 0.6) is 0 Å². The molecule has 0 spiro atoms. The molecule has 0 aliphatic heterocycles. The number of aliphatic hydroxyl groups is 4. The summed E-state index contributed by atoms with van der Waals surface area (Å²) in [6.07, 6.45) is 8.78. The average molecular weight is 475 g/mol. The molecule has 4 heteroatoms. The summed E-state index contributed by atoms with van der Waals surface area (Å²) >= 11 is 0. The molecule has 4 nitrogen and oxygen atoms in total. The molecule has 0 amide bonds. The molecule has 34 heavy (non-hydrogen) atoms. The van der Waals surface area contributed by atoms with Crippen LogP contribution < -0.4 is 0 Å². The van der Waals surface area contributed by atoms with Gasteiger partial charge in [-0.2, -0.15) is 0 Å². The minimum atomic E-state index is -0.888. The van der Waals surface area contributed by atoms with Crippen LogP contribution in [0.2, 0.25) is 0 Å². The molecule has 0 aromatic rings. The molecule has 194 valence electrons. The number of hydrogen-bond donors (Lipinski definition) is 4. The Morgan fingerprint density at radius 3 is 2.12 bits per heavy atom. The lowest BCUT2D eigenvalue weighted by atomic mass is 9.33. The number of aliphatic hydroxyl groups excluding tert-OH is 4. The van der Waals surface area contributed by atoms with Gasteiger partial charge in [0.15, 0.2) is 0 Å². The van der Waals surface area contributed by atoms with Gasteiger partial charge in [0, 0.05) is 10.8 Å². The molecule has 4 fully saturated rings. The zero-order chi connectivity index (χ0) is 25.1. The van der Waals surface area contributed by atoms with Crippen LogP contribution in [0.15, 0.2) is 11.6 Å². The second-order valence-corrected chi connectivity index (χ2v) is 15.1.